The summed E-state index contributed by atoms with van der Waals surface area (Å²) >= 11 is 0. The molecule has 12 radical (unpaired) electrons. The van der Waals surface area contributed by atoms with E-state index in [2.05, 4.69) is 0 Å². The van der Waals surface area contributed by atoms with Gasteiger partial charge in [-0.1, -0.05) is 0 Å². The van der Waals surface area contributed by atoms with Gasteiger partial charge in [0.05, 0.1) is 0 Å². The molecule has 0 aromatic rings. The van der Waals surface area contributed by atoms with Crippen molar-refractivity contribution in [3.05, 3.63) is 0 Å². The first-order valence-corrected chi connectivity index (χ1v) is 0. The smallest absolute Gasteiger partial charge is 0 e. The Morgan fingerprint density at radius 3 is 1.00 bits per heavy atom. The number of rotatable bonds is 0. The zero-order chi connectivity index (χ0) is 0. The summed E-state index contributed by atoms with van der Waals surface area (Å²) in [4.78, 5) is 0. The summed E-state index contributed by atoms with van der Waals surface area (Å²) in [6, 6.07) is 0. The second-order valence-electron chi connectivity index (χ2n) is 0. The quantitative estimate of drug-likeness (QED) is 0.438. The van der Waals surface area contributed by atoms with E-state index < -0.39 is 0 Å². The summed E-state index contributed by atoms with van der Waals surface area (Å²) in [5.41, 5.74) is 0. The van der Waals surface area contributed by atoms with Crippen molar-refractivity contribution in [1.29, 1.82) is 0 Å². The second-order valence-corrected chi connectivity index (χ2v) is 0. The van der Waals surface area contributed by atoms with Crippen molar-refractivity contribution in [3.8, 4) is 0 Å². The van der Waals surface area contributed by atoms with Crippen molar-refractivity contribution in [2.24, 2.45) is 0 Å². The van der Waals surface area contributed by atoms with Gasteiger partial charge in [-0.15, -0.1) is 0 Å². The van der Waals surface area contributed by atoms with E-state index in [9.17, 15) is 0 Å². The van der Waals surface area contributed by atoms with E-state index in [0.717, 1.165) is 0 Å². The van der Waals surface area contributed by atoms with Crippen molar-refractivity contribution < 1.29 is 5.48 Å². The fourth-order valence-electron chi connectivity index (χ4n) is 0. The van der Waals surface area contributed by atoms with Crippen molar-refractivity contribution in [2.45, 2.75) is 0 Å². The van der Waals surface area contributed by atoms with Gasteiger partial charge in [0.2, 0.25) is 0 Å². The summed E-state index contributed by atoms with van der Waals surface area (Å²) in [6.45, 7) is 0. The molecule has 0 rings (SSSR count). The van der Waals surface area contributed by atoms with Gasteiger partial charge in [0.25, 0.3) is 0 Å². The van der Waals surface area contributed by atoms with Crippen LogP contribution in [0.3, 0.4) is 0 Å². The Hall–Kier alpha value is 1.52. The van der Waals surface area contributed by atoms with E-state index in [4.69, 9.17) is 0 Å². The normalized spacial score (nSPS) is 0. The van der Waals surface area contributed by atoms with Crippen LogP contribution >= 0.6 is 0 Å². The van der Waals surface area contributed by atoms with E-state index in [1.165, 1.54) is 0 Å². The van der Waals surface area contributed by atoms with Gasteiger partial charge in [0.1, 0.15) is 0 Å². The minimum Gasteiger partial charge on any atom is -0.412 e. The second kappa shape index (κ2) is 24.3. The average Bonchev–Trinajstić information content (AvgIpc) is 0. The first-order valence-electron chi connectivity index (χ1n) is 0. The summed E-state index contributed by atoms with van der Waals surface area (Å²) in [5.74, 6) is 0. The third-order valence-electron chi connectivity index (χ3n) is 0. The molecule has 0 amide bonds. The Morgan fingerprint density at radius 1 is 1.00 bits per heavy atom. The Kier molecular flexibility index (Phi) is 296. The molecular formula is H2GeOSiSn. The van der Waals surface area contributed by atoms with Gasteiger partial charge < -0.3 is 5.48 Å². The van der Waals surface area contributed by atoms with Gasteiger partial charge >= 0.3 is 0 Å². The van der Waals surface area contributed by atoms with Crippen LogP contribution in [0.1, 0.15) is 0 Å². The Morgan fingerprint density at radius 2 is 1.00 bits per heavy atom. The summed E-state index contributed by atoms with van der Waals surface area (Å²) in [6.07, 6.45) is 0. The van der Waals surface area contributed by atoms with Gasteiger partial charge in [-0.3, -0.25) is 0 Å². The molecule has 4 heteroatoms. The Bertz CT molecular complexity index is 8.00. The van der Waals surface area contributed by atoms with Crippen molar-refractivity contribution in [2.75, 3.05) is 0 Å². The van der Waals surface area contributed by atoms with Crippen LogP contribution in [0.2, 0.25) is 0 Å². The molecule has 2 N–H and O–H groups in total. The van der Waals surface area contributed by atoms with Gasteiger partial charge in [0, 0.05) is 52.5 Å². The van der Waals surface area contributed by atoms with Crippen LogP contribution in [0.15, 0.2) is 0 Å². The molecule has 0 spiro atoms. The zero-order valence-corrected chi connectivity index (χ0v) is 7.95. The molecule has 0 aromatic carbocycles. The molecule has 0 bridgehead atoms. The fraction of sp³-hybridized carbons (Fsp3) is 0. The van der Waals surface area contributed by atoms with Crippen molar-refractivity contribution in [1.82, 2.24) is 0 Å². The maximum Gasteiger partial charge on any atom is 0 e. The SMILES string of the molecule is O.[Ge].[Si].[Sn]. The molecule has 1 nitrogen and oxygen atoms in total. The third kappa shape index (κ3) is 9.68. The minimum absolute atomic E-state index is 0. The van der Waals surface area contributed by atoms with Crippen molar-refractivity contribution in [3.63, 3.8) is 0 Å². The van der Waals surface area contributed by atoms with E-state index in [-0.39, 0.29) is 57.9 Å². The molecule has 4 heavy (non-hydrogen) atoms. The van der Waals surface area contributed by atoms with E-state index >= 15 is 0 Å². The molecule has 20 valence electrons. The maximum absolute atomic E-state index is 0. The Labute approximate surface area is 57.8 Å². The molecule has 0 aliphatic carbocycles. The van der Waals surface area contributed by atoms with Crippen molar-refractivity contribution >= 4 is 52.5 Å². The standard InChI is InChI=1S/Ge.H2O.Si.Sn/h;1H2;;. The predicted molar refractivity (Wildman–Crippen MR) is 20.9 cm³/mol. The largest absolute Gasteiger partial charge is 0.412 e. The van der Waals surface area contributed by atoms with Gasteiger partial charge in [-0.2, -0.15) is 0 Å². The molecule has 0 fully saturated rings. The zero-order valence-electron chi connectivity index (χ0n) is 2.00. The molecular weight excluding hydrogens is 235 g/mol. The van der Waals surface area contributed by atoms with Crippen LogP contribution in [-0.2, 0) is 0 Å². The Balaban J connectivity index is 0. The summed E-state index contributed by atoms with van der Waals surface area (Å²) in [7, 11) is 0. The van der Waals surface area contributed by atoms with Crippen LogP contribution in [0.5, 0.6) is 0 Å². The van der Waals surface area contributed by atoms with Crippen LogP contribution < -0.4 is 0 Å². The van der Waals surface area contributed by atoms with Gasteiger partial charge in [-0.05, 0) is 0 Å². The monoisotopic (exact) mass is 240 g/mol. The van der Waals surface area contributed by atoms with Crippen LogP contribution in [0.25, 0.3) is 0 Å². The third-order valence-corrected chi connectivity index (χ3v) is 0. The predicted octanol–water partition coefficient (Wildman–Crippen LogP) is -1.97. The van der Waals surface area contributed by atoms with Crippen LogP contribution in [0.4, 0.5) is 0 Å². The van der Waals surface area contributed by atoms with E-state index in [1.807, 2.05) is 0 Å². The molecule has 0 aliphatic heterocycles. The van der Waals surface area contributed by atoms with Gasteiger partial charge in [-0.25, -0.2) is 0 Å². The number of hydrogen-bond donors (Lipinski definition) is 0. The minimum atomic E-state index is 0. The molecule has 0 aromatic heterocycles. The summed E-state index contributed by atoms with van der Waals surface area (Å²) < 4.78 is 0. The van der Waals surface area contributed by atoms with E-state index in [0.29, 0.717) is 0 Å². The average molecular weight is 237 g/mol. The summed E-state index contributed by atoms with van der Waals surface area (Å²) in [5, 5.41) is 0. The first-order chi connectivity index (χ1) is 0. The molecule has 0 unspecified atom stereocenters. The molecule has 0 heterocycles. The molecule has 0 aliphatic rings. The topological polar surface area (TPSA) is 31.5 Å². The van der Waals surface area contributed by atoms with Crippen LogP contribution in [-0.4, -0.2) is 57.9 Å². The number of hydrogen-bond acceptors (Lipinski definition) is 0. The van der Waals surface area contributed by atoms with E-state index in [1.54, 1.807) is 0 Å². The maximum atomic E-state index is 0. The molecule has 0 saturated heterocycles. The van der Waals surface area contributed by atoms with Gasteiger partial charge in [0.15, 0.2) is 0 Å². The first kappa shape index (κ1) is 48.9. The molecule has 0 atom stereocenters. The van der Waals surface area contributed by atoms with Crippen LogP contribution in [0, 0.1) is 0 Å². The molecule has 0 saturated carbocycles. The fourth-order valence-corrected chi connectivity index (χ4v) is 0.